The van der Waals surface area contributed by atoms with Crippen LogP contribution in [0.15, 0.2) is 77.4 Å². The third-order valence-corrected chi connectivity index (χ3v) is 4.58. The fraction of sp³-hybridized carbons (Fsp3) is 0.182. The summed E-state index contributed by atoms with van der Waals surface area (Å²) in [6.45, 7) is 1.21. The average molecular weight is 359 g/mol. The first-order chi connectivity index (χ1) is 13.3. The van der Waals surface area contributed by atoms with Crippen molar-refractivity contribution in [1.29, 1.82) is 0 Å². The summed E-state index contributed by atoms with van der Waals surface area (Å²) in [7, 11) is 0. The van der Waals surface area contributed by atoms with Crippen LogP contribution in [0, 0.1) is 0 Å². The fourth-order valence-corrected chi connectivity index (χ4v) is 3.25. The Kier molecular flexibility index (Phi) is 5.01. The Morgan fingerprint density at radius 2 is 1.81 bits per heavy atom. The molecule has 1 N–H and O–H groups in total. The van der Waals surface area contributed by atoms with E-state index in [-0.39, 0.29) is 5.91 Å². The summed E-state index contributed by atoms with van der Waals surface area (Å²) in [5, 5.41) is 2.89. The molecule has 2 aromatic heterocycles. The van der Waals surface area contributed by atoms with Gasteiger partial charge in [-0.25, -0.2) is 4.98 Å². The van der Waals surface area contributed by atoms with E-state index in [1.807, 2.05) is 24.3 Å². The van der Waals surface area contributed by atoms with Crippen LogP contribution in [0.5, 0.6) is 0 Å². The maximum Gasteiger partial charge on any atom is 0.287 e. The van der Waals surface area contributed by atoms with Crippen LogP contribution in [-0.4, -0.2) is 15.5 Å². The lowest BCUT2D eigenvalue weighted by Gasteiger charge is -2.10. The van der Waals surface area contributed by atoms with Gasteiger partial charge in [-0.1, -0.05) is 42.5 Å². The molecule has 0 atom stereocenters. The number of carbonyl (C=O) groups excluding carboxylic acids is 1. The molecule has 4 rings (SSSR count). The van der Waals surface area contributed by atoms with E-state index in [9.17, 15) is 4.79 Å². The van der Waals surface area contributed by atoms with Crippen LogP contribution in [0.2, 0.25) is 0 Å². The molecule has 0 radical (unpaired) electrons. The van der Waals surface area contributed by atoms with Gasteiger partial charge in [0.2, 0.25) is 0 Å². The van der Waals surface area contributed by atoms with E-state index < -0.39 is 0 Å². The van der Waals surface area contributed by atoms with Crippen LogP contribution in [0.1, 0.15) is 28.4 Å². The number of para-hydroxylation sites is 2. The van der Waals surface area contributed by atoms with Crippen molar-refractivity contribution < 1.29 is 9.21 Å². The highest BCUT2D eigenvalue weighted by Crippen LogP contribution is 2.17. The summed E-state index contributed by atoms with van der Waals surface area (Å²) in [6.07, 6.45) is 3.50. The standard InChI is InChI=1S/C22H21N3O2/c26-22(20-13-7-15-27-20)23-16-21-24-18-11-4-5-12-19(18)25(21)14-6-10-17-8-2-1-3-9-17/h1-5,7-9,11-13,15H,6,10,14,16H2,(H,23,26). The van der Waals surface area contributed by atoms with Gasteiger partial charge < -0.3 is 14.3 Å². The number of hydrogen-bond donors (Lipinski definition) is 1. The van der Waals surface area contributed by atoms with Crippen LogP contribution in [0.25, 0.3) is 11.0 Å². The van der Waals surface area contributed by atoms with Gasteiger partial charge in [0.05, 0.1) is 23.8 Å². The summed E-state index contributed by atoms with van der Waals surface area (Å²) in [6, 6.07) is 21.9. The molecule has 2 heterocycles. The molecular formula is C22H21N3O2. The highest BCUT2D eigenvalue weighted by atomic mass is 16.3. The number of nitrogens with one attached hydrogen (secondary N) is 1. The molecule has 0 saturated carbocycles. The fourth-order valence-electron chi connectivity index (χ4n) is 3.25. The lowest BCUT2D eigenvalue weighted by Crippen LogP contribution is -2.24. The Bertz CT molecular complexity index is 1020. The minimum Gasteiger partial charge on any atom is -0.459 e. The van der Waals surface area contributed by atoms with Crippen molar-refractivity contribution in [3.63, 3.8) is 0 Å². The smallest absolute Gasteiger partial charge is 0.287 e. The van der Waals surface area contributed by atoms with Gasteiger partial charge in [0.1, 0.15) is 5.82 Å². The van der Waals surface area contributed by atoms with E-state index in [1.54, 1.807) is 12.1 Å². The molecule has 5 nitrogen and oxygen atoms in total. The number of carbonyl (C=O) groups is 1. The second-order valence-corrected chi connectivity index (χ2v) is 6.42. The van der Waals surface area contributed by atoms with Crippen molar-refractivity contribution in [2.75, 3.05) is 0 Å². The van der Waals surface area contributed by atoms with E-state index in [2.05, 4.69) is 40.2 Å². The topological polar surface area (TPSA) is 60.1 Å². The first-order valence-corrected chi connectivity index (χ1v) is 9.11. The molecule has 0 unspecified atom stereocenters. The number of fused-ring (bicyclic) bond motifs is 1. The summed E-state index contributed by atoms with van der Waals surface area (Å²) in [5.74, 6) is 0.925. The predicted molar refractivity (Wildman–Crippen MR) is 104 cm³/mol. The lowest BCUT2D eigenvalue weighted by atomic mass is 10.1. The van der Waals surface area contributed by atoms with Gasteiger partial charge in [0, 0.05) is 6.54 Å². The van der Waals surface area contributed by atoms with Gasteiger partial charge in [-0.15, -0.1) is 0 Å². The van der Waals surface area contributed by atoms with Crippen LogP contribution in [0.3, 0.4) is 0 Å². The molecular weight excluding hydrogens is 338 g/mol. The molecule has 0 aliphatic heterocycles. The van der Waals surface area contributed by atoms with E-state index in [1.165, 1.54) is 11.8 Å². The van der Waals surface area contributed by atoms with Crippen molar-refractivity contribution in [3.05, 3.63) is 90.1 Å². The number of hydrogen-bond acceptors (Lipinski definition) is 3. The molecule has 0 saturated heterocycles. The molecule has 0 spiro atoms. The summed E-state index contributed by atoms with van der Waals surface area (Å²) >= 11 is 0. The Balaban J connectivity index is 1.49. The number of furan rings is 1. The molecule has 0 aliphatic carbocycles. The summed E-state index contributed by atoms with van der Waals surface area (Å²) in [4.78, 5) is 16.9. The van der Waals surface area contributed by atoms with Gasteiger partial charge in [0.25, 0.3) is 5.91 Å². The zero-order valence-electron chi connectivity index (χ0n) is 15.0. The quantitative estimate of drug-likeness (QED) is 0.538. The number of nitrogens with zero attached hydrogens (tertiary/aromatic N) is 2. The number of aromatic nitrogens is 2. The van der Waals surface area contributed by atoms with Crippen molar-refractivity contribution >= 4 is 16.9 Å². The van der Waals surface area contributed by atoms with Crippen molar-refractivity contribution in [3.8, 4) is 0 Å². The van der Waals surface area contributed by atoms with Crippen LogP contribution in [0.4, 0.5) is 0 Å². The second-order valence-electron chi connectivity index (χ2n) is 6.42. The minimum atomic E-state index is -0.233. The third kappa shape index (κ3) is 3.92. The number of benzene rings is 2. The van der Waals surface area contributed by atoms with Crippen molar-refractivity contribution in [2.45, 2.75) is 25.9 Å². The molecule has 0 fully saturated rings. The van der Waals surface area contributed by atoms with Crippen molar-refractivity contribution in [2.24, 2.45) is 0 Å². The highest BCUT2D eigenvalue weighted by Gasteiger charge is 2.13. The maximum absolute atomic E-state index is 12.2. The van der Waals surface area contributed by atoms with Gasteiger partial charge in [-0.3, -0.25) is 4.79 Å². The van der Waals surface area contributed by atoms with Gasteiger partial charge in [-0.2, -0.15) is 0 Å². The monoisotopic (exact) mass is 359 g/mol. The summed E-state index contributed by atoms with van der Waals surface area (Å²) < 4.78 is 7.34. The maximum atomic E-state index is 12.2. The van der Waals surface area contributed by atoms with Crippen LogP contribution < -0.4 is 5.32 Å². The highest BCUT2D eigenvalue weighted by molar-refractivity contribution is 5.91. The van der Waals surface area contributed by atoms with Gasteiger partial charge in [-0.05, 0) is 42.7 Å². The second kappa shape index (κ2) is 7.91. The number of amides is 1. The third-order valence-electron chi connectivity index (χ3n) is 4.58. The van der Waals surface area contributed by atoms with E-state index in [0.717, 1.165) is 36.2 Å². The zero-order valence-corrected chi connectivity index (χ0v) is 15.0. The molecule has 136 valence electrons. The Morgan fingerprint density at radius 3 is 2.63 bits per heavy atom. The van der Waals surface area contributed by atoms with Crippen molar-refractivity contribution in [1.82, 2.24) is 14.9 Å². The Morgan fingerprint density at radius 1 is 1.00 bits per heavy atom. The predicted octanol–water partition coefficient (Wildman–Crippen LogP) is 4.19. The largest absolute Gasteiger partial charge is 0.459 e. The number of imidazole rings is 1. The minimum absolute atomic E-state index is 0.233. The Labute approximate surface area is 157 Å². The van der Waals surface area contributed by atoms with E-state index >= 15 is 0 Å². The normalized spacial score (nSPS) is 11.0. The average Bonchev–Trinajstić information content (AvgIpc) is 3.36. The lowest BCUT2D eigenvalue weighted by molar-refractivity contribution is 0.0921. The molecule has 5 heteroatoms. The van der Waals surface area contributed by atoms with Crippen LogP contribution in [-0.2, 0) is 19.5 Å². The van der Waals surface area contributed by atoms with E-state index in [4.69, 9.17) is 9.40 Å². The number of rotatable bonds is 7. The van der Waals surface area contributed by atoms with E-state index in [0.29, 0.717) is 12.3 Å². The summed E-state index contributed by atoms with van der Waals surface area (Å²) in [5.41, 5.74) is 3.36. The zero-order chi connectivity index (χ0) is 18.5. The van der Waals surface area contributed by atoms with Crippen LogP contribution >= 0.6 is 0 Å². The first kappa shape index (κ1) is 17.1. The van der Waals surface area contributed by atoms with Gasteiger partial charge >= 0.3 is 0 Å². The molecule has 0 bridgehead atoms. The molecule has 2 aromatic carbocycles. The molecule has 27 heavy (non-hydrogen) atoms. The molecule has 4 aromatic rings. The Hall–Kier alpha value is -3.34. The number of aryl methyl sites for hydroxylation is 2. The first-order valence-electron chi connectivity index (χ1n) is 9.11. The molecule has 1 amide bonds. The van der Waals surface area contributed by atoms with Gasteiger partial charge in [0.15, 0.2) is 5.76 Å². The molecule has 0 aliphatic rings. The SMILES string of the molecule is O=C(NCc1nc2ccccc2n1CCCc1ccccc1)c1ccco1.